The second-order valence-corrected chi connectivity index (χ2v) is 3.86. The van der Waals surface area contributed by atoms with E-state index < -0.39 is 0 Å². The van der Waals surface area contributed by atoms with Crippen molar-refractivity contribution in [1.82, 2.24) is 14.8 Å². The van der Waals surface area contributed by atoms with E-state index in [1.54, 1.807) is 11.8 Å². The predicted molar refractivity (Wildman–Crippen MR) is 54.8 cm³/mol. The SMILES string of the molecule is CCc1nnc(SCCCN)n1C. The molecule has 1 rings (SSSR count). The summed E-state index contributed by atoms with van der Waals surface area (Å²) in [5, 5.41) is 9.16. The number of hydrogen-bond acceptors (Lipinski definition) is 4. The molecule has 2 N–H and O–H groups in total. The molecule has 0 spiro atoms. The van der Waals surface area contributed by atoms with E-state index in [9.17, 15) is 0 Å². The summed E-state index contributed by atoms with van der Waals surface area (Å²) in [6.45, 7) is 2.82. The summed E-state index contributed by atoms with van der Waals surface area (Å²) in [6, 6.07) is 0. The lowest BCUT2D eigenvalue weighted by Crippen LogP contribution is -2.01. The number of thioether (sulfide) groups is 1. The van der Waals surface area contributed by atoms with Crippen LogP contribution < -0.4 is 5.73 Å². The quantitative estimate of drug-likeness (QED) is 0.564. The van der Waals surface area contributed by atoms with Crippen LogP contribution in [-0.4, -0.2) is 27.1 Å². The first-order valence-corrected chi connectivity index (χ1v) is 5.49. The van der Waals surface area contributed by atoms with Crippen LogP contribution in [-0.2, 0) is 13.5 Å². The molecule has 1 aromatic rings. The van der Waals surface area contributed by atoms with E-state index in [1.807, 2.05) is 11.6 Å². The van der Waals surface area contributed by atoms with Gasteiger partial charge >= 0.3 is 0 Å². The molecular formula is C8H16N4S. The monoisotopic (exact) mass is 200 g/mol. The van der Waals surface area contributed by atoms with Gasteiger partial charge in [-0.25, -0.2) is 0 Å². The van der Waals surface area contributed by atoms with E-state index in [0.29, 0.717) is 0 Å². The third-order valence-corrected chi connectivity index (χ3v) is 2.93. The van der Waals surface area contributed by atoms with Crippen LogP contribution in [0.4, 0.5) is 0 Å². The Morgan fingerprint density at radius 3 is 2.77 bits per heavy atom. The van der Waals surface area contributed by atoms with Crippen LogP contribution in [0.3, 0.4) is 0 Å². The zero-order chi connectivity index (χ0) is 9.68. The second kappa shape index (κ2) is 5.24. The van der Waals surface area contributed by atoms with Gasteiger partial charge in [0.05, 0.1) is 0 Å². The highest BCUT2D eigenvalue weighted by Crippen LogP contribution is 2.15. The minimum Gasteiger partial charge on any atom is -0.330 e. The predicted octanol–water partition coefficient (Wildman–Crippen LogP) is 0.818. The second-order valence-electron chi connectivity index (χ2n) is 2.80. The molecule has 0 aliphatic carbocycles. The van der Waals surface area contributed by atoms with Crippen molar-refractivity contribution in [1.29, 1.82) is 0 Å². The molecule has 0 aromatic carbocycles. The largest absolute Gasteiger partial charge is 0.330 e. The third-order valence-electron chi connectivity index (χ3n) is 1.82. The average molecular weight is 200 g/mol. The number of aryl methyl sites for hydroxylation is 1. The maximum Gasteiger partial charge on any atom is 0.190 e. The average Bonchev–Trinajstić information content (AvgIpc) is 2.48. The fourth-order valence-corrected chi connectivity index (χ4v) is 1.92. The number of nitrogens with zero attached hydrogens (tertiary/aromatic N) is 3. The highest BCUT2D eigenvalue weighted by atomic mass is 32.2. The Morgan fingerprint density at radius 1 is 1.46 bits per heavy atom. The molecule has 0 radical (unpaired) electrons. The Bertz CT molecular complexity index is 259. The Hall–Kier alpha value is -0.550. The van der Waals surface area contributed by atoms with Crippen LogP contribution in [0.1, 0.15) is 19.2 Å². The molecule has 74 valence electrons. The lowest BCUT2D eigenvalue weighted by atomic mass is 10.5. The highest BCUT2D eigenvalue weighted by molar-refractivity contribution is 7.99. The summed E-state index contributed by atoms with van der Waals surface area (Å²) in [5.41, 5.74) is 5.41. The number of rotatable bonds is 5. The van der Waals surface area contributed by atoms with Crippen molar-refractivity contribution in [2.45, 2.75) is 24.9 Å². The zero-order valence-corrected chi connectivity index (χ0v) is 8.97. The zero-order valence-electron chi connectivity index (χ0n) is 8.16. The van der Waals surface area contributed by atoms with Gasteiger partial charge in [-0.3, -0.25) is 0 Å². The summed E-state index contributed by atoms with van der Waals surface area (Å²) < 4.78 is 2.04. The van der Waals surface area contributed by atoms with E-state index in [0.717, 1.165) is 36.1 Å². The van der Waals surface area contributed by atoms with Crippen LogP contribution >= 0.6 is 11.8 Å². The Balaban J connectivity index is 2.51. The fraction of sp³-hybridized carbons (Fsp3) is 0.750. The van der Waals surface area contributed by atoms with Crippen molar-refractivity contribution in [3.8, 4) is 0 Å². The Labute approximate surface area is 82.9 Å². The lowest BCUT2D eigenvalue weighted by Gasteiger charge is -2.00. The summed E-state index contributed by atoms with van der Waals surface area (Å²) in [7, 11) is 2.00. The van der Waals surface area contributed by atoms with Gasteiger partial charge in [-0.1, -0.05) is 18.7 Å². The minimum atomic E-state index is 0.742. The number of nitrogens with two attached hydrogens (primary N) is 1. The summed E-state index contributed by atoms with van der Waals surface area (Å²) in [5.74, 6) is 2.06. The summed E-state index contributed by atoms with van der Waals surface area (Å²) in [6.07, 6.45) is 1.96. The molecule has 0 atom stereocenters. The summed E-state index contributed by atoms with van der Waals surface area (Å²) in [4.78, 5) is 0. The molecule has 0 aliphatic heterocycles. The smallest absolute Gasteiger partial charge is 0.190 e. The van der Waals surface area contributed by atoms with Gasteiger partial charge in [-0.05, 0) is 13.0 Å². The van der Waals surface area contributed by atoms with Crippen LogP contribution in [0.2, 0.25) is 0 Å². The van der Waals surface area contributed by atoms with Gasteiger partial charge in [-0.2, -0.15) is 0 Å². The van der Waals surface area contributed by atoms with Crippen molar-refractivity contribution >= 4 is 11.8 Å². The fourth-order valence-electron chi connectivity index (χ4n) is 1.03. The van der Waals surface area contributed by atoms with Crippen LogP contribution in [0.15, 0.2) is 5.16 Å². The molecule has 13 heavy (non-hydrogen) atoms. The molecule has 0 saturated heterocycles. The van der Waals surface area contributed by atoms with Crippen molar-refractivity contribution in [3.05, 3.63) is 5.82 Å². The van der Waals surface area contributed by atoms with E-state index in [2.05, 4.69) is 17.1 Å². The van der Waals surface area contributed by atoms with E-state index in [1.165, 1.54) is 0 Å². The van der Waals surface area contributed by atoms with Crippen molar-refractivity contribution in [2.75, 3.05) is 12.3 Å². The molecule has 0 fully saturated rings. The molecule has 5 heteroatoms. The van der Waals surface area contributed by atoms with Crippen LogP contribution in [0.25, 0.3) is 0 Å². The first-order valence-electron chi connectivity index (χ1n) is 4.50. The highest BCUT2D eigenvalue weighted by Gasteiger charge is 2.05. The molecule has 0 bridgehead atoms. The maximum absolute atomic E-state index is 5.41. The minimum absolute atomic E-state index is 0.742. The van der Waals surface area contributed by atoms with E-state index in [4.69, 9.17) is 5.73 Å². The van der Waals surface area contributed by atoms with E-state index in [-0.39, 0.29) is 0 Å². The lowest BCUT2D eigenvalue weighted by molar-refractivity contribution is 0.741. The standard InChI is InChI=1S/C8H16N4S/c1-3-7-10-11-8(12(7)2)13-6-4-5-9/h3-6,9H2,1-2H3. The third kappa shape index (κ3) is 2.70. The van der Waals surface area contributed by atoms with E-state index >= 15 is 0 Å². The number of hydrogen-bond donors (Lipinski definition) is 1. The first kappa shape index (κ1) is 10.5. The molecule has 4 nitrogen and oxygen atoms in total. The Kier molecular flexibility index (Phi) is 4.24. The molecule has 0 saturated carbocycles. The van der Waals surface area contributed by atoms with Gasteiger partial charge in [-0.15, -0.1) is 10.2 Å². The van der Waals surface area contributed by atoms with Gasteiger partial charge in [0, 0.05) is 19.2 Å². The molecule has 1 heterocycles. The maximum atomic E-state index is 5.41. The molecule has 0 aliphatic rings. The molecular weight excluding hydrogens is 184 g/mol. The van der Waals surface area contributed by atoms with Crippen LogP contribution in [0, 0.1) is 0 Å². The normalized spacial score (nSPS) is 10.7. The molecule has 0 unspecified atom stereocenters. The van der Waals surface area contributed by atoms with Gasteiger partial charge in [0.2, 0.25) is 0 Å². The van der Waals surface area contributed by atoms with Gasteiger partial charge < -0.3 is 10.3 Å². The van der Waals surface area contributed by atoms with Gasteiger partial charge in [0.25, 0.3) is 0 Å². The summed E-state index contributed by atoms with van der Waals surface area (Å²) >= 11 is 1.72. The Morgan fingerprint density at radius 2 is 2.23 bits per heavy atom. The number of aromatic nitrogens is 3. The van der Waals surface area contributed by atoms with Crippen LogP contribution in [0.5, 0.6) is 0 Å². The topological polar surface area (TPSA) is 56.7 Å². The van der Waals surface area contributed by atoms with Gasteiger partial charge in [0.1, 0.15) is 5.82 Å². The van der Waals surface area contributed by atoms with Crippen molar-refractivity contribution < 1.29 is 0 Å². The molecule has 0 amide bonds. The molecule has 1 aromatic heterocycles. The van der Waals surface area contributed by atoms with Crippen molar-refractivity contribution in [3.63, 3.8) is 0 Å². The van der Waals surface area contributed by atoms with Crippen molar-refractivity contribution in [2.24, 2.45) is 12.8 Å². The van der Waals surface area contributed by atoms with Gasteiger partial charge in [0.15, 0.2) is 5.16 Å². The first-order chi connectivity index (χ1) is 6.29.